The summed E-state index contributed by atoms with van der Waals surface area (Å²) in [6, 6.07) is 4.55. The maximum atomic E-state index is 5.66. The second-order valence-electron chi connectivity index (χ2n) is 3.94. The number of hydrogen-bond acceptors (Lipinski definition) is 3. The van der Waals surface area contributed by atoms with E-state index in [0.29, 0.717) is 6.04 Å². The Morgan fingerprint density at radius 1 is 1.53 bits per heavy atom. The molecule has 1 aliphatic rings. The number of nitrogens with one attached hydrogen (secondary N) is 1. The third-order valence-corrected chi connectivity index (χ3v) is 2.77. The molecule has 1 aromatic rings. The molecule has 0 bridgehead atoms. The maximum absolute atomic E-state index is 5.66. The quantitative estimate of drug-likeness (QED) is 0.815. The fourth-order valence-electron chi connectivity index (χ4n) is 1.80. The van der Waals surface area contributed by atoms with Crippen LogP contribution < -0.4 is 10.1 Å². The largest absolute Gasteiger partial charge is 0.490 e. The van der Waals surface area contributed by atoms with Crippen LogP contribution in [-0.4, -0.2) is 24.2 Å². The summed E-state index contributed by atoms with van der Waals surface area (Å²) in [5.41, 5.74) is 1.11. The fraction of sp³-hybridized carbons (Fsp3) is 0.583. The minimum Gasteiger partial charge on any atom is -0.490 e. The zero-order valence-corrected chi connectivity index (χ0v) is 9.20. The van der Waals surface area contributed by atoms with Gasteiger partial charge >= 0.3 is 0 Å². The SMILES string of the molecule is CCc1ccc(OC[C@@H]2CCCN2)cn1. The van der Waals surface area contributed by atoms with Gasteiger partial charge < -0.3 is 10.1 Å². The molecule has 3 nitrogen and oxygen atoms in total. The van der Waals surface area contributed by atoms with Crippen molar-refractivity contribution in [1.82, 2.24) is 10.3 Å². The van der Waals surface area contributed by atoms with Crippen molar-refractivity contribution in [2.45, 2.75) is 32.2 Å². The van der Waals surface area contributed by atoms with E-state index in [-0.39, 0.29) is 0 Å². The van der Waals surface area contributed by atoms with Crippen LogP contribution in [0.2, 0.25) is 0 Å². The first kappa shape index (κ1) is 10.4. The summed E-state index contributed by atoms with van der Waals surface area (Å²) in [6.45, 7) is 3.99. The first-order chi connectivity index (χ1) is 7.38. The molecule has 0 unspecified atom stereocenters. The van der Waals surface area contributed by atoms with E-state index in [1.165, 1.54) is 12.8 Å². The molecular formula is C12H18N2O. The maximum Gasteiger partial charge on any atom is 0.137 e. The molecule has 1 aromatic heterocycles. The van der Waals surface area contributed by atoms with Crippen LogP contribution in [0.3, 0.4) is 0 Å². The molecule has 0 amide bonds. The monoisotopic (exact) mass is 206 g/mol. The van der Waals surface area contributed by atoms with Gasteiger partial charge in [0.25, 0.3) is 0 Å². The van der Waals surface area contributed by atoms with Crippen molar-refractivity contribution in [1.29, 1.82) is 0 Å². The van der Waals surface area contributed by atoms with E-state index in [0.717, 1.165) is 31.0 Å². The normalized spacial score (nSPS) is 20.5. The summed E-state index contributed by atoms with van der Waals surface area (Å²) in [7, 11) is 0. The van der Waals surface area contributed by atoms with E-state index in [1.807, 2.05) is 18.3 Å². The van der Waals surface area contributed by atoms with Crippen LogP contribution in [0, 0.1) is 0 Å². The van der Waals surface area contributed by atoms with Gasteiger partial charge in [0.1, 0.15) is 12.4 Å². The highest BCUT2D eigenvalue weighted by atomic mass is 16.5. The van der Waals surface area contributed by atoms with Gasteiger partial charge in [-0.2, -0.15) is 0 Å². The number of hydrogen-bond donors (Lipinski definition) is 1. The minimum absolute atomic E-state index is 0.524. The van der Waals surface area contributed by atoms with Gasteiger partial charge in [-0.25, -0.2) is 0 Å². The lowest BCUT2D eigenvalue weighted by Crippen LogP contribution is -2.28. The Hall–Kier alpha value is -1.09. The van der Waals surface area contributed by atoms with E-state index in [4.69, 9.17) is 4.74 Å². The summed E-state index contributed by atoms with van der Waals surface area (Å²) in [5, 5.41) is 3.40. The molecular weight excluding hydrogens is 188 g/mol. The topological polar surface area (TPSA) is 34.1 Å². The van der Waals surface area contributed by atoms with Crippen LogP contribution in [0.4, 0.5) is 0 Å². The zero-order valence-electron chi connectivity index (χ0n) is 9.20. The Labute approximate surface area is 90.9 Å². The van der Waals surface area contributed by atoms with Crippen LogP contribution in [0.5, 0.6) is 5.75 Å². The van der Waals surface area contributed by atoms with E-state index in [9.17, 15) is 0 Å². The molecule has 2 rings (SSSR count). The molecule has 3 heteroatoms. The molecule has 15 heavy (non-hydrogen) atoms. The highest BCUT2D eigenvalue weighted by Gasteiger charge is 2.14. The molecule has 2 heterocycles. The van der Waals surface area contributed by atoms with Gasteiger partial charge in [-0.3, -0.25) is 4.98 Å². The van der Waals surface area contributed by atoms with Crippen LogP contribution in [0.1, 0.15) is 25.5 Å². The van der Waals surface area contributed by atoms with Crippen LogP contribution in [0.25, 0.3) is 0 Å². The second kappa shape index (κ2) is 5.12. The second-order valence-corrected chi connectivity index (χ2v) is 3.94. The predicted molar refractivity (Wildman–Crippen MR) is 60.1 cm³/mol. The van der Waals surface area contributed by atoms with Crippen LogP contribution in [-0.2, 0) is 6.42 Å². The summed E-state index contributed by atoms with van der Waals surface area (Å²) in [4.78, 5) is 4.30. The first-order valence-electron chi connectivity index (χ1n) is 5.69. The lowest BCUT2D eigenvalue weighted by atomic mass is 10.2. The summed E-state index contributed by atoms with van der Waals surface area (Å²) >= 11 is 0. The molecule has 1 N–H and O–H groups in total. The zero-order chi connectivity index (χ0) is 10.5. The third-order valence-electron chi connectivity index (χ3n) is 2.77. The smallest absolute Gasteiger partial charge is 0.137 e. The van der Waals surface area contributed by atoms with Crippen LogP contribution >= 0.6 is 0 Å². The fourth-order valence-corrected chi connectivity index (χ4v) is 1.80. The van der Waals surface area contributed by atoms with Crippen molar-refractivity contribution >= 4 is 0 Å². The average molecular weight is 206 g/mol. The molecule has 0 spiro atoms. The van der Waals surface area contributed by atoms with E-state index in [1.54, 1.807) is 0 Å². The Kier molecular flexibility index (Phi) is 3.56. The van der Waals surface area contributed by atoms with Crippen molar-refractivity contribution in [3.8, 4) is 5.75 Å². The van der Waals surface area contributed by atoms with Gasteiger partial charge in [0, 0.05) is 11.7 Å². The van der Waals surface area contributed by atoms with Gasteiger partial charge in [-0.15, -0.1) is 0 Å². The number of aromatic nitrogens is 1. The summed E-state index contributed by atoms with van der Waals surface area (Å²) in [5.74, 6) is 0.876. The van der Waals surface area contributed by atoms with Crippen LogP contribution in [0.15, 0.2) is 18.3 Å². The van der Waals surface area contributed by atoms with E-state index in [2.05, 4.69) is 17.2 Å². The molecule has 0 aliphatic carbocycles. The molecule has 0 saturated carbocycles. The molecule has 0 radical (unpaired) electrons. The number of pyridine rings is 1. The molecule has 82 valence electrons. The molecule has 1 aliphatic heterocycles. The lowest BCUT2D eigenvalue weighted by molar-refractivity contribution is 0.276. The Balaban J connectivity index is 1.82. The van der Waals surface area contributed by atoms with Gasteiger partial charge in [-0.1, -0.05) is 6.92 Å². The Morgan fingerprint density at radius 2 is 2.47 bits per heavy atom. The Morgan fingerprint density at radius 3 is 3.07 bits per heavy atom. The summed E-state index contributed by atoms with van der Waals surface area (Å²) in [6.07, 6.45) is 5.28. The Bertz CT molecular complexity index is 291. The molecule has 1 saturated heterocycles. The predicted octanol–water partition coefficient (Wildman–Crippen LogP) is 1.77. The standard InChI is InChI=1S/C12H18N2O/c1-2-10-5-6-12(8-14-10)15-9-11-4-3-7-13-11/h5-6,8,11,13H,2-4,7,9H2,1H3/t11-/m0/s1. The number of aryl methyl sites for hydroxylation is 1. The highest BCUT2D eigenvalue weighted by molar-refractivity contribution is 5.19. The van der Waals surface area contributed by atoms with Gasteiger partial charge in [0.05, 0.1) is 6.20 Å². The molecule has 1 atom stereocenters. The van der Waals surface area contributed by atoms with E-state index < -0.39 is 0 Å². The number of ether oxygens (including phenoxy) is 1. The van der Waals surface area contributed by atoms with Crippen molar-refractivity contribution in [3.05, 3.63) is 24.0 Å². The van der Waals surface area contributed by atoms with Crippen molar-refractivity contribution in [3.63, 3.8) is 0 Å². The third kappa shape index (κ3) is 2.93. The lowest BCUT2D eigenvalue weighted by Gasteiger charge is -2.11. The van der Waals surface area contributed by atoms with Gasteiger partial charge in [0.15, 0.2) is 0 Å². The molecule has 1 fully saturated rings. The average Bonchev–Trinajstić information content (AvgIpc) is 2.80. The highest BCUT2D eigenvalue weighted by Crippen LogP contribution is 2.12. The summed E-state index contributed by atoms with van der Waals surface area (Å²) < 4.78 is 5.66. The number of rotatable bonds is 4. The first-order valence-corrected chi connectivity index (χ1v) is 5.69. The molecule has 0 aromatic carbocycles. The van der Waals surface area contributed by atoms with Gasteiger partial charge in [-0.05, 0) is 37.9 Å². The van der Waals surface area contributed by atoms with Gasteiger partial charge in [0.2, 0.25) is 0 Å². The minimum atomic E-state index is 0.524. The number of nitrogens with zero attached hydrogens (tertiary/aromatic N) is 1. The van der Waals surface area contributed by atoms with E-state index >= 15 is 0 Å². The van der Waals surface area contributed by atoms with Crippen molar-refractivity contribution in [2.75, 3.05) is 13.2 Å². The van der Waals surface area contributed by atoms with Crippen molar-refractivity contribution in [2.24, 2.45) is 0 Å². The van der Waals surface area contributed by atoms with Crippen molar-refractivity contribution < 1.29 is 4.74 Å².